The summed E-state index contributed by atoms with van der Waals surface area (Å²) in [6.07, 6.45) is 3.45. The Morgan fingerprint density at radius 3 is 2.08 bits per heavy atom. The van der Waals surface area contributed by atoms with E-state index in [1.807, 2.05) is 72.8 Å². The van der Waals surface area contributed by atoms with Crippen molar-refractivity contribution in [2.24, 2.45) is 0 Å². The molecule has 4 aromatic carbocycles. The molecule has 0 aliphatic carbocycles. The van der Waals surface area contributed by atoms with Gasteiger partial charge >= 0.3 is 0 Å². The fourth-order valence-electron chi connectivity index (χ4n) is 3.07. The smallest absolute Gasteiger partial charge is 0.248 e. The number of amides is 1. The lowest BCUT2D eigenvalue weighted by Crippen LogP contribution is -2.08. The normalized spacial score (nSPS) is 11.2. The number of anilines is 1. The van der Waals surface area contributed by atoms with Crippen LogP contribution in [0.15, 0.2) is 91.0 Å². The van der Waals surface area contributed by atoms with Crippen molar-refractivity contribution in [1.29, 1.82) is 0 Å². The standard InChI is InChI=1S/C23H17NO/c25-23(24-22-14-6-11-18-8-2-4-13-21(18)22)16-15-19-10-5-9-17-7-1-3-12-20(17)19/h1-16H,(H,24,25). The van der Waals surface area contributed by atoms with Crippen LogP contribution in [-0.4, -0.2) is 5.91 Å². The van der Waals surface area contributed by atoms with Crippen LogP contribution in [0.1, 0.15) is 5.56 Å². The first-order chi connectivity index (χ1) is 12.3. The van der Waals surface area contributed by atoms with Gasteiger partial charge in [-0.3, -0.25) is 4.79 Å². The summed E-state index contributed by atoms with van der Waals surface area (Å²) in [6.45, 7) is 0. The lowest BCUT2D eigenvalue weighted by molar-refractivity contribution is -0.111. The zero-order valence-corrected chi connectivity index (χ0v) is 13.6. The molecule has 120 valence electrons. The molecule has 0 saturated carbocycles. The molecule has 1 N–H and O–H groups in total. The monoisotopic (exact) mass is 323 g/mol. The molecule has 0 saturated heterocycles. The maximum Gasteiger partial charge on any atom is 0.248 e. The number of hydrogen-bond donors (Lipinski definition) is 1. The van der Waals surface area contributed by atoms with Crippen molar-refractivity contribution in [2.45, 2.75) is 0 Å². The second-order valence-corrected chi connectivity index (χ2v) is 5.92. The van der Waals surface area contributed by atoms with Crippen LogP contribution in [0.2, 0.25) is 0 Å². The molecule has 4 rings (SSSR count). The molecular weight excluding hydrogens is 306 g/mol. The maximum atomic E-state index is 12.4. The van der Waals surface area contributed by atoms with Crippen molar-refractivity contribution >= 4 is 39.2 Å². The highest BCUT2D eigenvalue weighted by atomic mass is 16.1. The number of benzene rings is 4. The Balaban J connectivity index is 1.60. The lowest BCUT2D eigenvalue weighted by Gasteiger charge is -2.07. The van der Waals surface area contributed by atoms with Crippen molar-refractivity contribution in [3.63, 3.8) is 0 Å². The predicted molar refractivity (Wildman–Crippen MR) is 106 cm³/mol. The largest absolute Gasteiger partial charge is 0.322 e. The van der Waals surface area contributed by atoms with Crippen LogP contribution in [0.25, 0.3) is 27.6 Å². The van der Waals surface area contributed by atoms with E-state index >= 15 is 0 Å². The molecule has 0 aromatic heterocycles. The fraction of sp³-hybridized carbons (Fsp3) is 0. The van der Waals surface area contributed by atoms with Crippen LogP contribution in [0.3, 0.4) is 0 Å². The van der Waals surface area contributed by atoms with Crippen LogP contribution >= 0.6 is 0 Å². The summed E-state index contributed by atoms with van der Waals surface area (Å²) in [5.74, 6) is -0.135. The van der Waals surface area contributed by atoms with Gasteiger partial charge in [0.2, 0.25) is 5.91 Å². The average Bonchev–Trinajstić information content (AvgIpc) is 2.66. The summed E-state index contributed by atoms with van der Waals surface area (Å²) in [5, 5.41) is 7.43. The van der Waals surface area contributed by atoms with Gasteiger partial charge in [-0.2, -0.15) is 0 Å². The van der Waals surface area contributed by atoms with Gasteiger partial charge in [-0.1, -0.05) is 78.9 Å². The Labute approximate surface area is 146 Å². The number of carbonyl (C=O) groups is 1. The van der Waals surface area contributed by atoms with E-state index in [2.05, 4.69) is 23.5 Å². The highest BCUT2D eigenvalue weighted by molar-refractivity contribution is 6.08. The SMILES string of the molecule is O=C(C=Cc1cccc2ccccc12)Nc1cccc2ccccc12. The first kappa shape index (κ1) is 15.2. The molecule has 0 bridgehead atoms. The fourth-order valence-corrected chi connectivity index (χ4v) is 3.07. The van der Waals surface area contributed by atoms with Gasteiger partial charge in [0.25, 0.3) is 0 Å². The van der Waals surface area contributed by atoms with Crippen molar-refractivity contribution in [1.82, 2.24) is 0 Å². The van der Waals surface area contributed by atoms with Gasteiger partial charge in [-0.25, -0.2) is 0 Å². The van der Waals surface area contributed by atoms with Crippen LogP contribution < -0.4 is 5.32 Å². The molecule has 4 aromatic rings. The Hall–Kier alpha value is -3.39. The predicted octanol–water partition coefficient (Wildman–Crippen LogP) is 5.64. The van der Waals surface area contributed by atoms with E-state index in [1.165, 1.54) is 5.39 Å². The second kappa shape index (κ2) is 6.62. The van der Waals surface area contributed by atoms with Crippen LogP contribution in [0.5, 0.6) is 0 Å². The van der Waals surface area contributed by atoms with Crippen LogP contribution in [0, 0.1) is 0 Å². The number of carbonyl (C=O) groups excluding carboxylic acids is 1. The molecule has 2 heteroatoms. The summed E-state index contributed by atoms with van der Waals surface area (Å²) in [4.78, 5) is 12.4. The topological polar surface area (TPSA) is 29.1 Å². The summed E-state index contributed by atoms with van der Waals surface area (Å²) in [5.41, 5.74) is 1.86. The van der Waals surface area contributed by atoms with Gasteiger partial charge in [0.05, 0.1) is 0 Å². The van der Waals surface area contributed by atoms with Crippen LogP contribution in [-0.2, 0) is 4.79 Å². The van der Waals surface area contributed by atoms with Gasteiger partial charge in [0.1, 0.15) is 0 Å². The second-order valence-electron chi connectivity index (χ2n) is 5.92. The van der Waals surface area contributed by atoms with E-state index in [-0.39, 0.29) is 5.91 Å². The molecule has 0 spiro atoms. The van der Waals surface area contributed by atoms with E-state index < -0.39 is 0 Å². The molecule has 0 atom stereocenters. The summed E-state index contributed by atoms with van der Waals surface area (Å²) < 4.78 is 0. The Morgan fingerprint density at radius 2 is 1.28 bits per heavy atom. The Morgan fingerprint density at radius 1 is 0.680 bits per heavy atom. The number of fused-ring (bicyclic) bond motifs is 2. The van der Waals surface area contributed by atoms with Crippen molar-refractivity contribution in [2.75, 3.05) is 5.32 Å². The number of hydrogen-bond acceptors (Lipinski definition) is 1. The first-order valence-electron chi connectivity index (χ1n) is 8.26. The number of rotatable bonds is 3. The van der Waals surface area contributed by atoms with Gasteiger partial charge in [0, 0.05) is 17.1 Å². The highest BCUT2D eigenvalue weighted by Crippen LogP contribution is 2.23. The zero-order chi connectivity index (χ0) is 17.1. The number of nitrogens with one attached hydrogen (secondary N) is 1. The van der Waals surface area contributed by atoms with Gasteiger partial charge in [-0.05, 0) is 33.9 Å². The highest BCUT2D eigenvalue weighted by Gasteiger charge is 2.03. The molecule has 0 aliphatic heterocycles. The maximum absolute atomic E-state index is 12.4. The van der Waals surface area contributed by atoms with Crippen LogP contribution in [0.4, 0.5) is 5.69 Å². The van der Waals surface area contributed by atoms with E-state index in [1.54, 1.807) is 6.08 Å². The molecule has 0 radical (unpaired) electrons. The van der Waals surface area contributed by atoms with E-state index in [9.17, 15) is 4.79 Å². The third-order valence-electron chi connectivity index (χ3n) is 4.29. The lowest BCUT2D eigenvalue weighted by atomic mass is 10.0. The molecule has 0 unspecified atom stereocenters. The summed E-state index contributed by atoms with van der Waals surface area (Å²) in [7, 11) is 0. The minimum Gasteiger partial charge on any atom is -0.322 e. The van der Waals surface area contributed by atoms with E-state index in [0.717, 1.165) is 27.4 Å². The molecule has 0 aliphatic rings. The third kappa shape index (κ3) is 3.15. The van der Waals surface area contributed by atoms with Crippen molar-refractivity contribution in [3.8, 4) is 0 Å². The van der Waals surface area contributed by atoms with E-state index in [4.69, 9.17) is 0 Å². The first-order valence-corrected chi connectivity index (χ1v) is 8.26. The Kier molecular flexibility index (Phi) is 4.01. The Bertz CT molecular complexity index is 1080. The molecule has 0 heterocycles. The van der Waals surface area contributed by atoms with Gasteiger partial charge in [0.15, 0.2) is 0 Å². The van der Waals surface area contributed by atoms with E-state index in [0.29, 0.717) is 0 Å². The summed E-state index contributed by atoms with van der Waals surface area (Å²) >= 11 is 0. The molecule has 1 amide bonds. The van der Waals surface area contributed by atoms with Crippen molar-refractivity contribution < 1.29 is 4.79 Å². The van der Waals surface area contributed by atoms with Gasteiger partial charge in [-0.15, -0.1) is 0 Å². The van der Waals surface area contributed by atoms with Crippen molar-refractivity contribution in [3.05, 3.63) is 96.6 Å². The summed E-state index contributed by atoms with van der Waals surface area (Å²) in [6, 6.07) is 28.2. The zero-order valence-electron chi connectivity index (χ0n) is 13.6. The molecule has 0 fully saturated rings. The molecular formula is C23H17NO. The minimum atomic E-state index is -0.135. The molecule has 25 heavy (non-hydrogen) atoms. The van der Waals surface area contributed by atoms with Gasteiger partial charge < -0.3 is 5.32 Å². The quantitative estimate of drug-likeness (QED) is 0.485. The third-order valence-corrected chi connectivity index (χ3v) is 4.29. The molecule has 2 nitrogen and oxygen atoms in total. The average molecular weight is 323 g/mol. The minimum absolute atomic E-state index is 0.135.